The van der Waals surface area contributed by atoms with Crippen molar-refractivity contribution in [3.05, 3.63) is 51.2 Å². The molecule has 2 unspecified atom stereocenters. The smallest absolute Gasteiger partial charge is 0.252 e. The van der Waals surface area contributed by atoms with Crippen LogP contribution < -0.4 is 10.0 Å². The Morgan fingerprint density at radius 1 is 1.31 bits per heavy atom. The second-order valence-corrected chi connectivity index (χ2v) is 9.77. The molecule has 1 aliphatic carbocycles. The van der Waals surface area contributed by atoms with Gasteiger partial charge in [-0.1, -0.05) is 25.1 Å². The molecule has 140 valence electrons. The molecule has 3 rings (SSSR count). The largest absolute Gasteiger partial charge is 0.345 e. The molecule has 26 heavy (non-hydrogen) atoms. The van der Waals surface area contributed by atoms with Gasteiger partial charge in [0.25, 0.3) is 5.91 Å². The van der Waals surface area contributed by atoms with Gasteiger partial charge in [0.05, 0.1) is 23.5 Å². The predicted octanol–water partition coefficient (Wildman–Crippen LogP) is 3.74. The molecular formula is C19H24N2O3S2. The van der Waals surface area contributed by atoms with E-state index in [-0.39, 0.29) is 11.9 Å². The van der Waals surface area contributed by atoms with Crippen LogP contribution in [0.25, 0.3) is 0 Å². The van der Waals surface area contributed by atoms with Gasteiger partial charge in [0.2, 0.25) is 10.0 Å². The SMILES string of the molecule is CC1CCc2c(C(=O)NC(C)c3ccccc3NS(C)(=O)=O)csc2C1. The topological polar surface area (TPSA) is 75.3 Å². The maximum Gasteiger partial charge on any atom is 0.252 e. The number of fused-ring (bicyclic) bond motifs is 1. The van der Waals surface area contributed by atoms with E-state index >= 15 is 0 Å². The maximum atomic E-state index is 12.8. The highest BCUT2D eigenvalue weighted by Crippen LogP contribution is 2.33. The average molecular weight is 393 g/mol. The molecule has 2 atom stereocenters. The van der Waals surface area contributed by atoms with E-state index in [2.05, 4.69) is 17.0 Å². The van der Waals surface area contributed by atoms with Gasteiger partial charge in [0.15, 0.2) is 0 Å². The van der Waals surface area contributed by atoms with Crippen LogP contribution in [0.4, 0.5) is 5.69 Å². The summed E-state index contributed by atoms with van der Waals surface area (Å²) in [7, 11) is -3.38. The van der Waals surface area contributed by atoms with Crippen LogP contribution in [0.2, 0.25) is 0 Å². The van der Waals surface area contributed by atoms with Crippen molar-refractivity contribution in [2.45, 2.75) is 39.2 Å². The van der Waals surface area contributed by atoms with Crippen molar-refractivity contribution in [3.8, 4) is 0 Å². The van der Waals surface area contributed by atoms with Crippen LogP contribution in [0.3, 0.4) is 0 Å². The summed E-state index contributed by atoms with van der Waals surface area (Å²) >= 11 is 1.67. The zero-order valence-electron chi connectivity index (χ0n) is 15.2. The minimum atomic E-state index is -3.38. The molecule has 0 saturated heterocycles. The van der Waals surface area contributed by atoms with E-state index in [0.29, 0.717) is 11.6 Å². The second kappa shape index (κ2) is 7.40. The van der Waals surface area contributed by atoms with Crippen molar-refractivity contribution in [1.29, 1.82) is 0 Å². The molecule has 0 saturated carbocycles. The van der Waals surface area contributed by atoms with Gasteiger partial charge < -0.3 is 5.32 Å². The Balaban J connectivity index is 1.79. The number of hydrogen-bond donors (Lipinski definition) is 2. The zero-order valence-corrected chi connectivity index (χ0v) is 16.8. The van der Waals surface area contributed by atoms with Crippen molar-refractivity contribution >= 4 is 33.0 Å². The van der Waals surface area contributed by atoms with Crippen LogP contribution in [0.15, 0.2) is 29.6 Å². The molecule has 1 heterocycles. The first kappa shape index (κ1) is 18.9. The molecule has 2 N–H and O–H groups in total. The van der Waals surface area contributed by atoms with Crippen molar-refractivity contribution in [2.75, 3.05) is 11.0 Å². The lowest BCUT2D eigenvalue weighted by molar-refractivity contribution is 0.0939. The fraction of sp³-hybridized carbons (Fsp3) is 0.421. The highest BCUT2D eigenvalue weighted by Gasteiger charge is 2.24. The maximum absolute atomic E-state index is 12.8. The van der Waals surface area contributed by atoms with Gasteiger partial charge in [-0.2, -0.15) is 0 Å². The van der Waals surface area contributed by atoms with E-state index in [0.717, 1.165) is 36.6 Å². The molecule has 1 aromatic heterocycles. The number of anilines is 1. The Labute approximate surface area is 158 Å². The molecule has 2 aromatic rings. The van der Waals surface area contributed by atoms with Crippen LogP contribution in [-0.2, 0) is 22.9 Å². The standard InChI is InChI=1S/C19H24N2O3S2/c1-12-8-9-15-16(11-25-18(15)10-12)19(22)20-13(2)14-6-4-5-7-17(14)21-26(3,23)24/h4-7,11-13,21H,8-10H2,1-3H3,(H,20,22). The number of rotatable bonds is 5. The molecule has 0 bridgehead atoms. The van der Waals surface area contributed by atoms with Crippen molar-refractivity contribution in [1.82, 2.24) is 5.32 Å². The van der Waals surface area contributed by atoms with Gasteiger partial charge >= 0.3 is 0 Å². The normalized spacial score (nSPS) is 18.0. The lowest BCUT2D eigenvalue weighted by Gasteiger charge is -2.21. The number of benzene rings is 1. The third-order valence-electron chi connectivity index (χ3n) is 4.72. The molecule has 0 spiro atoms. The first-order valence-electron chi connectivity index (χ1n) is 8.71. The van der Waals surface area contributed by atoms with Crippen LogP contribution in [-0.4, -0.2) is 20.6 Å². The Morgan fingerprint density at radius 3 is 2.77 bits per heavy atom. The van der Waals surface area contributed by atoms with Gasteiger partial charge in [0, 0.05) is 10.3 Å². The summed E-state index contributed by atoms with van der Waals surface area (Å²) in [4.78, 5) is 14.1. The molecular weight excluding hydrogens is 368 g/mol. The van der Waals surface area contributed by atoms with Crippen molar-refractivity contribution in [2.24, 2.45) is 5.92 Å². The molecule has 1 aliphatic rings. The Bertz CT molecular complexity index is 919. The van der Waals surface area contributed by atoms with E-state index in [4.69, 9.17) is 0 Å². The van der Waals surface area contributed by atoms with E-state index in [9.17, 15) is 13.2 Å². The molecule has 1 amide bonds. The highest BCUT2D eigenvalue weighted by atomic mass is 32.2. The summed E-state index contributed by atoms with van der Waals surface area (Å²) in [6.07, 6.45) is 4.22. The fourth-order valence-corrected chi connectivity index (χ4v) is 5.22. The minimum absolute atomic E-state index is 0.0984. The quantitative estimate of drug-likeness (QED) is 0.814. The van der Waals surface area contributed by atoms with Gasteiger partial charge in [-0.15, -0.1) is 11.3 Å². The summed E-state index contributed by atoms with van der Waals surface area (Å²) < 4.78 is 25.7. The summed E-state index contributed by atoms with van der Waals surface area (Å²) in [6, 6.07) is 6.81. The molecule has 5 nitrogen and oxygen atoms in total. The van der Waals surface area contributed by atoms with Gasteiger partial charge in [-0.25, -0.2) is 8.42 Å². The first-order chi connectivity index (χ1) is 12.2. The number of carbonyl (C=O) groups is 1. The van der Waals surface area contributed by atoms with E-state index in [1.54, 1.807) is 23.5 Å². The number of hydrogen-bond acceptors (Lipinski definition) is 4. The predicted molar refractivity (Wildman–Crippen MR) is 106 cm³/mol. The lowest BCUT2D eigenvalue weighted by atomic mass is 9.88. The monoisotopic (exact) mass is 392 g/mol. The molecule has 0 radical (unpaired) electrons. The second-order valence-electron chi connectivity index (χ2n) is 7.06. The number of nitrogens with one attached hydrogen (secondary N) is 2. The van der Waals surface area contributed by atoms with E-state index in [1.165, 1.54) is 10.4 Å². The van der Waals surface area contributed by atoms with E-state index in [1.807, 2.05) is 24.4 Å². The van der Waals surface area contributed by atoms with Crippen LogP contribution >= 0.6 is 11.3 Å². The zero-order chi connectivity index (χ0) is 18.9. The summed E-state index contributed by atoms with van der Waals surface area (Å²) in [6.45, 7) is 4.11. The Hall–Kier alpha value is -1.86. The number of sulfonamides is 1. The summed E-state index contributed by atoms with van der Waals surface area (Å²) in [5.41, 5.74) is 3.17. The minimum Gasteiger partial charge on any atom is -0.345 e. The number of thiophene rings is 1. The van der Waals surface area contributed by atoms with Crippen LogP contribution in [0.1, 0.15) is 52.7 Å². The third-order valence-corrected chi connectivity index (χ3v) is 6.36. The molecule has 0 fully saturated rings. The van der Waals surface area contributed by atoms with Crippen molar-refractivity contribution < 1.29 is 13.2 Å². The number of amides is 1. The van der Waals surface area contributed by atoms with Gasteiger partial charge in [0.1, 0.15) is 0 Å². The van der Waals surface area contributed by atoms with Crippen molar-refractivity contribution in [3.63, 3.8) is 0 Å². The van der Waals surface area contributed by atoms with Crippen LogP contribution in [0.5, 0.6) is 0 Å². The molecule has 1 aromatic carbocycles. The average Bonchev–Trinajstić information content (AvgIpc) is 2.96. The fourth-order valence-electron chi connectivity index (χ4n) is 3.39. The Kier molecular flexibility index (Phi) is 5.39. The Morgan fingerprint density at radius 2 is 2.04 bits per heavy atom. The van der Waals surface area contributed by atoms with Crippen LogP contribution in [0, 0.1) is 5.92 Å². The molecule has 7 heteroatoms. The summed E-state index contributed by atoms with van der Waals surface area (Å²) in [5.74, 6) is 0.573. The number of carbonyl (C=O) groups excluding carboxylic acids is 1. The molecule has 0 aliphatic heterocycles. The lowest BCUT2D eigenvalue weighted by Crippen LogP contribution is -2.28. The highest BCUT2D eigenvalue weighted by molar-refractivity contribution is 7.92. The van der Waals surface area contributed by atoms with Gasteiger partial charge in [-0.05, 0) is 49.3 Å². The van der Waals surface area contributed by atoms with E-state index < -0.39 is 10.0 Å². The number of para-hydroxylation sites is 1. The third kappa shape index (κ3) is 4.27. The summed E-state index contributed by atoms with van der Waals surface area (Å²) in [5, 5.41) is 4.97. The van der Waals surface area contributed by atoms with Gasteiger partial charge in [-0.3, -0.25) is 9.52 Å². The first-order valence-corrected chi connectivity index (χ1v) is 11.5.